The minimum Gasteiger partial charge on any atom is -0.771 e. The van der Waals surface area contributed by atoms with Crippen molar-refractivity contribution in [1.29, 1.82) is 0 Å². The van der Waals surface area contributed by atoms with Gasteiger partial charge in [-0.15, -0.1) is 0 Å². The molecule has 1 atom stereocenters. The van der Waals surface area contributed by atoms with Gasteiger partial charge >= 0.3 is 0 Å². The highest BCUT2D eigenvalue weighted by Crippen LogP contribution is 2.35. The molecule has 0 aliphatic heterocycles. The summed E-state index contributed by atoms with van der Waals surface area (Å²) in [7, 11) is -4.07. The van der Waals surface area contributed by atoms with Crippen molar-refractivity contribution in [2.45, 2.75) is 4.90 Å². The number of aromatic amines is 1. The van der Waals surface area contributed by atoms with Gasteiger partial charge in [-0.2, -0.15) is 0 Å². The van der Waals surface area contributed by atoms with Crippen molar-refractivity contribution in [2.75, 3.05) is 10.2 Å². The standard InChI is InChI=1S/C15H13ClN2O4S2/c16-12-9-17-13-7-4-8-14(15(12)13)18(10-23(19)20)24(21,22)11-5-2-1-3-6-11/h1-9,17H,10H2,(H,19,20)/p-1. The van der Waals surface area contributed by atoms with E-state index in [1.54, 1.807) is 30.3 Å². The van der Waals surface area contributed by atoms with Gasteiger partial charge in [0.25, 0.3) is 10.0 Å². The lowest BCUT2D eigenvalue weighted by Crippen LogP contribution is -2.34. The summed E-state index contributed by atoms with van der Waals surface area (Å²) in [6.45, 7) is 0. The largest absolute Gasteiger partial charge is 0.771 e. The minimum atomic E-state index is -4.07. The molecule has 0 saturated heterocycles. The van der Waals surface area contributed by atoms with Crippen LogP contribution in [-0.4, -0.2) is 28.0 Å². The van der Waals surface area contributed by atoms with Crippen molar-refractivity contribution in [3.63, 3.8) is 0 Å². The smallest absolute Gasteiger partial charge is 0.265 e. The number of benzene rings is 2. The Hall–Kier alpha value is -1.87. The van der Waals surface area contributed by atoms with Gasteiger partial charge in [-0.25, -0.2) is 8.42 Å². The topological polar surface area (TPSA) is 93.3 Å². The Balaban J connectivity index is 2.24. The maximum Gasteiger partial charge on any atom is 0.265 e. The van der Waals surface area contributed by atoms with E-state index in [1.165, 1.54) is 24.4 Å². The lowest BCUT2D eigenvalue weighted by Gasteiger charge is -2.26. The first kappa shape index (κ1) is 17.0. The summed E-state index contributed by atoms with van der Waals surface area (Å²) in [5.41, 5.74) is 0.814. The number of sulfonamides is 1. The van der Waals surface area contributed by atoms with E-state index >= 15 is 0 Å². The first-order valence-corrected chi connectivity index (χ1v) is 9.86. The van der Waals surface area contributed by atoms with E-state index in [4.69, 9.17) is 11.6 Å². The molecule has 0 aliphatic carbocycles. The van der Waals surface area contributed by atoms with Gasteiger partial charge in [-0.3, -0.25) is 8.51 Å². The lowest BCUT2D eigenvalue weighted by molar-refractivity contribution is 0.535. The molecule has 3 rings (SSSR count). The normalized spacial score (nSPS) is 13.1. The number of aromatic nitrogens is 1. The highest BCUT2D eigenvalue weighted by molar-refractivity contribution is 7.94. The summed E-state index contributed by atoms with van der Waals surface area (Å²) in [5, 5.41) is 0.759. The van der Waals surface area contributed by atoms with E-state index in [9.17, 15) is 17.2 Å². The van der Waals surface area contributed by atoms with Crippen molar-refractivity contribution >= 4 is 49.3 Å². The quantitative estimate of drug-likeness (QED) is 0.685. The van der Waals surface area contributed by atoms with Crippen LogP contribution < -0.4 is 4.31 Å². The molecule has 0 fully saturated rings. The van der Waals surface area contributed by atoms with Gasteiger partial charge in [0, 0.05) is 17.1 Å². The van der Waals surface area contributed by atoms with Crippen LogP contribution in [0.2, 0.25) is 5.02 Å². The summed E-state index contributed by atoms with van der Waals surface area (Å²) in [6, 6.07) is 12.5. The number of H-pyrrole nitrogens is 1. The Morgan fingerprint density at radius 2 is 1.83 bits per heavy atom. The molecule has 1 aromatic heterocycles. The Morgan fingerprint density at radius 3 is 2.50 bits per heavy atom. The van der Waals surface area contributed by atoms with Crippen LogP contribution in [-0.2, 0) is 21.1 Å². The minimum absolute atomic E-state index is 0.000823. The van der Waals surface area contributed by atoms with Crippen molar-refractivity contribution in [2.24, 2.45) is 0 Å². The van der Waals surface area contributed by atoms with Crippen LogP contribution in [0.15, 0.2) is 59.6 Å². The third-order valence-electron chi connectivity index (χ3n) is 3.46. The van der Waals surface area contributed by atoms with Gasteiger partial charge in [-0.05, 0) is 35.3 Å². The summed E-state index contributed by atoms with van der Waals surface area (Å²) in [6.07, 6.45) is 1.52. The predicted molar refractivity (Wildman–Crippen MR) is 93.2 cm³/mol. The van der Waals surface area contributed by atoms with Crippen LogP contribution in [0, 0.1) is 0 Å². The number of fused-ring (bicyclic) bond motifs is 1. The van der Waals surface area contributed by atoms with E-state index in [2.05, 4.69) is 4.98 Å². The van der Waals surface area contributed by atoms with Crippen LogP contribution in [0.25, 0.3) is 10.9 Å². The zero-order valence-corrected chi connectivity index (χ0v) is 14.6. The number of nitrogens with zero attached hydrogens (tertiary/aromatic N) is 1. The summed E-state index contributed by atoms with van der Waals surface area (Å²) in [5.74, 6) is -0.710. The van der Waals surface area contributed by atoms with Gasteiger partial charge in [-0.1, -0.05) is 35.9 Å². The van der Waals surface area contributed by atoms with Crippen molar-refractivity contribution < 1.29 is 17.2 Å². The number of nitrogens with one attached hydrogen (secondary N) is 1. The van der Waals surface area contributed by atoms with E-state index in [0.717, 1.165) is 4.31 Å². The van der Waals surface area contributed by atoms with Crippen LogP contribution in [0.3, 0.4) is 0 Å². The molecule has 9 heteroatoms. The first-order valence-electron chi connectivity index (χ1n) is 6.80. The Kier molecular flexibility index (Phi) is 4.64. The molecule has 2 aromatic carbocycles. The zero-order chi connectivity index (χ0) is 17.3. The molecule has 0 aliphatic rings. The Bertz CT molecular complexity index is 1000. The molecule has 126 valence electrons. The van der Waals surface area contributed by atoms with Gasteiger partial charge in [0.15, 0.2) is 0 Å². The molecule has 1 heterocycles. The molecule has 24 heavy (non-hydrogen) atoms. The second kappa shape index (κ2) is 6.56. The van der Waals surface area contributed by atoms with Crippen molar-refractivity contribution in [3.8, 4) is 0 Å². The maximum atomic E-state index is 12.9. The Morgan fingerprint density at radius 1 is 1.12 bits per heavy atom. The van der Waals surface area contributed by atoms with Crippen LogP contribution in [0.4, 0.5) is 5.69 Å². The van der Waals surface area contributed by atoms with Gasteiger partial charge in [0.2, 0.25) is 0 Å². The molecule has 6 nitrogen and oxygen atoms in total. The third-order valence-corrected chi connectivity index (χ3v) is 6.16. The van der Waals surface area contributed by atoms with Crippen molar-refractivity contribution in [1.82, 2.24) is 4.98 Å². The number of hydrogen-bond acceptors (Lipinski definition) is 4. The average Bonchev–Trinajstić information content (AvgIpc) is 2.95. The van der Waals surface area contributed by atoms with E-state index in [-0.39, 0.29) is 10.6 Å². The monoisotopic (exact) mass is 383 g/mol. The summed E-state index contributed by atoms with van der Waals surface area (Å²) < 4.78 is 49.3. The fraction of sp³-hybridized carbons (Fsp3) is 0.0667. The molecule has 1 N–H and O–H groups in total. The molecule has 0 bridgehead atoms. The van der Waals surface area contributed by atoms with E-state index in [0.29, 0.717) is 15.9 Å². The number of halogens is 1. The second-order valence-electron chi connectivity index (χ2n) is 4.94. The summed E-state index contributed by atoms with van der Waals surface area (Å²) >= 11 is 3.54. The molecule has 0 amide bonds. The average molecular weight is 384 g/mol. The number of rotatable bonds is 5. The number of hydrogen-bond donors (Lipinski definition) is 1. The molecule has 0 spiro atoms. The zero-order valence-electron chi connectivity index (χ0n) is 12.2. The highest BCUT2D eigenvalue weighted by Gasteiger charge is 2.27. The third kappa shape index (κ3) is 3.05. The lowest BCUT2D eigenvalue weighted by atomic mass is 10.2. The van der Waals surface area contributed by atoms with Crippen LogP contribution in [0.1, 0.15) is 0 Å². The second-order valence-corrected chi connectivity index (χ2v) is 8.07. The summed E-state index contributed by atoms with van der Waals surface area (Å²) in [4.78, 5) is 2.92. The fourth-order valence-corrected chi connectivity index (χ4v) is 4.98. The predicted octanol–water partition coefficient (Wildman–Crippen LogP) is 2.85. The Labute approximate surface area is 146 Å². The fourth-order valence-electron chi connectivity index (χ4n) is 2.42. The van der Waals surface area contributed by atoms with Gasteiger partial charge < -0.3 is 9.54 Å². The molecule has 1 unspecified atom stereocenters. The molecular weight excluding hydrogens is 372 g/mol. The van der Waals surface area contributed by atoms with Crippen LogP contribution >= 0.6 is 11.6 Å². The molecule has 0 saturated carbocycles. The molecule has 0 radical (unpaired) electrons. The van der Waals surface area contributed by atoms with E-state index < -0.39 is 27.0 Å². The van der Waals surface area contributed by atoms with E-state index in [1.807, 2.05) is 0 Å². The number of anilines is 1. The maximum absolute atomic E-state index is 12.9. The highest BCUT2D eigenvalue weighted by atomic mass is 35.5. The molecule has 3 aromatic rings. The molecular formula is C15H12ClN2O4S2-. The SMILES string of the molecule is O=S([O-])CN(c1cccc2[nH]cc(Cl)c12)S(=O)(=O)c1ccccc1. The van der Waals surface area contributed by atoms with Crippen LogP contribution in [0.5, 0.6) is 0 Å². The van der Waals surface area contributed by atoms with Gasteiger partial charge in [0.1, 0.15) is 0 Å². The van der Waals surface area contributed by atoms with Gasteiger partial charge in [0.05, 0.1) is 21.5 Å². The first-order chi connectivity index (χ1) is 11.4. The van der Waals surface area contributed by atoms with Crippen molar-refractivity contribution in [3.05, 3.63) is 59.8 Å².